The van der Waals surface area contributed by atoms with Crippen molar-refractivity contribution in [2.24, 2.45) is 0 Å². The third kappa shape index (κ3) is 6.24. The van der Waals surface area contributed by atoms with Crippen LogP contribution in [0.15, 0.2) is 24.3 Å². The number of aliphatic carboxylic acids is 2. The van der Waals surface area contributed by atoms with E-state index in [1.807, 2.05) is 12.1 Å². The predicted molar refractivity (Wildman–Crippen MR) is 74.4 cm³/mol. The van der Waals surface area contributed by atoms with Crippen LogP contribution < -0.4 is 4.74 Å². The van der Waals surface area contributed by atoms with Crippen molar-refractivity contribution in [2.45, 2.75) is 6.54 Å². The monoisotopic (exact) mass is 297 g/mol. The Hall–Kier alpha value is -2.12. The molecule has 21 heavy (non-hydrogen) atoms. The molecule has 0 atom stereocenters. The number of morpholine rings is 1. The van der Waals surface area contributed by atoms with Gasteiger partial charge in [0.1, 0.15) is 5.75 Å². The fraction of sp³-hybridized carbons (Fsp3) is 0.429. The van der Waals surface area contributed by atoms with Crippen LogP contribution in [0.5, 0.6) is 5.75 Å². The fourth-order valence-corrected chi connectivity index (χ4v) is 1.83. The number of nitrogens with zero attached hydrogens (tertiary/aromatic N) is 1. The third-order valence-electron chi connectivity index (χ3n) is 2.87. The van der Waals surface area contributed by atoms with Crippen molar-refractivity contribution in [2.75, 3.05) is 33.4 Å². The van der Waals surface area contributed by atoms with E-state index in [1.165, 1.54) is 5.56 Å². The van der Waals surface area contributed by atoms with Crippen molar-refractivity contribution >= 4 is 11.9 Å². The molecule has 116 valence electrons. The fourth-order valence-electron chi connectivity index (χ4n) is 1.83. The molecule has 7 nitrogen and oxygen atoms in total. The Balaban J connectivity index is 0.000000315. The molecule has 1 fully saturated rings. The average Bonchev–Trinajstić information content (AvgIpc) is 2.49. The number of para-hydroxylation sites is 1. The Kier molecular flexibility index (Phi) is 7.20. The molecule has 1 aliphatic heterocycles. The molecule has 0 spiro atoms. The van der Waals surface area contributed by atoms with E-state index < -0.39 is 11.9 Å². The molecule has 1 heterocycles. The van der Waals surface area contributed by atoms with Gasteiger partial charge in [0.25, 0.3) is 0 Å². The van der Waals surface area contributed by atoms with Crippen LogP contribution >= 0.6 is 0 Å². The molecule has 1 aliphatic rings. The quantitative estimate of drug-likeness (QED) is 0.792. The molecule has 0 aromatic heterocycles. The van der Waals surface area contributed by atoms with E-state index in [0.29, 0.717) is 0 Å². The highest BCUT2D eigenvalue weighted by Gasteiger charge is 2.12. The molecule has 0 amide bonds. The largest absolute Gasteiger partial charge is 0.496 e. The molecule has 1 aromatic carbocycles. The lowest BCUT2D eigenvalue weighted by atomic mass is 10.2. The summed E-state index contributed by atoms with van der Waals surface area (Å²) in [4.78, 5) is 20.6. The lowest BCUT2D eigenvalue weighted by Gasteiger charge is -2.27. The van der Waals surface area contributed by atoms with Gasteiger partial charge in [-0.25, -0.2) is 9.59 Å². The number of ether oxygens (including phenoxy) is 2. The van der Waals surface area contributed by atoms with Crippen LogP contribution in [0.1, 0.15) is 5.56 Å². The van der Waals surface area contributed by atoms with Gasteiger partial charge in [0.2, 0.25) is 0 Å². The Bertz CT molecular complexity index is 458. The van der Waals surface area contributed by atoms with E-state index in [2.05, 4.69) is 17.0 Å². The molecule has 1 saturated heterocycles. The van der Waals surface area contributed by atoms with Gasteiger partial charge in [-0.05, 0) is 6.07 Å². The molecule has 0 aliphatic carbocycles. The van der Waals surface area contributed by atoms with Gasteiger partial charge < -0.3 is 19.7 Å². The first-order valence-corrected chi connectivity index (χ1v) is 6.42. The highest BCUT2D eigenvalue weighted by Crippen LogP contribution is 2.19. The molecule has 1 aromatic rings. The van der Waals surface area contributed by atoms with Crippen LogP contribution in [0.3, 0.4) is 0 Å². The van der Waals surface area contributed by atoms with E-state index in [1.54, 1.807) is 7.11 Å². The van der Waals surface area contributed by atoms with Crippen molar-refractivity contribution in [3.8, 4) is 5.75 Å². The van der Waals surface area contributed by atoms with Crippen LogP contribution in [-0.4, -0.2) is 60.5 Å². The predicted octanol–water partition coefficient (Wildman–Crippen LogP) is 0.683. The molecule has 0 radical (unpaired) electrons. The van der Waals surface area contributed by atoms with E-state index in [9.17, 15) is 0 Å². The molecule has 2 rings (SSSR count). The number of carboxylic acid groups (broad SMARTS) is 2. The zero-order valence-corrected chi connectivity index (χ0v) is 11.8. The van der Waals surface area contributed by atoms with Gasteiger partial charge in [-0.1, -0.05) is 18.2 Å². The highest BCUT2D eigenvalue weighted by atomic mass is 16.5. The molecular formula is C14H19NO6. The van der Waals surface area contributed by atoms with Crippen molar-refractivity contribution in [3.05, 3.63) is 29.8 Å². The van der Waals surface area contributed by atoms with Crippen LogP contribution in [0.2, 0.25) is 0 Å². The first kappa shape index (κ1) is 16.9. The number of hydrogen-bond donors (Lipinski definition) is 2. The summed E-state index contributed by atoms with van der Waals surface area (Å²) >= 11 is 0. The summed E-state index contributed by atoms with van der Waals surface area (Å²) in [5, 5.41) is 14.8. The lowest BCUT2D eigenvalue weighted by molar-refractivity contribution is -0.159. The minimum absolute atomic E-state index is 0.842. The second kappa shape index (κ2) is 8.93. The molecule has 0 saturated carbocycles. The van der Waals surface area contributed by atoms with Crippen LogP contribution in [0.4, 0.5) is 0 Å². The maximum Gasteiger partial charge on any atom is 0.414 e. The Morgan fingerprint density at radius 1 is 1.19 bits per heavy atom. The van der Waals surface area contributed by atoms with Crippen LogP contribution in [-0.2, 0) is 20.9 Å². The molecule has 0 unspecified atom stereocenters. The zero-order chi connectivity index (χ0) is 15.7. The molecular weight excluding hydrogens is 278 g/mol. The number of rotatable bonds is 3. The minimum Gasteiger partial charge on any atom is -0.496 e. The number of carboxylic acids is 2. The number of benzene rings is 1. The van der Waals surface area contributed by atoms with Gasteiger partial charge in [-0.3, -0.25) is 4.90 Å². The van der Waals surface area contributed by atoms with E-state index in [0.717, 1.165) is 38.6 Å². The lowest BCUT2D eigenvalue weighted by Crippen LogP contribution is -2.35. The minimum atomic E-state index is -1.82. The SMILES string of the molecule is COc1ccccc1CN1CCOCC1.O=C(O)C(=O)O. The molecule has 0 bridgehead atoms. The van der Waals surface area contributed by atoms with Crippen molar-refractivity contribution < 1.29 is 29.3 Å². The summed E-state index contributed by atoms with van der Waals surface area (Å²) in [5.41, 5.74) is 1.25. The summed E-state index contributed by atoms with van der Waals surface area (Å²) in [6.07, 6.45) is 0. The van der Waals surface area contributed by atoms with Crippen molar-refractivity contribution in [3.63, 3.8) is 0 Å². The van der Waals surface area contributed by atoms with Gasteiger partial charge in [-0.15, -0.1) is 0 Å². The third-order valence-corrected chi connectivity index (χ3v) is 2.87. The Morgan fingerprint density at radius 3 is 2.29 bits per heavy atom. The van der Waals surface area contributed by atoms with Gasteiger partial charge in [0.05, 0.1) is 20.3 Å². The number of carbonyl (C=O) groups is 2. The second-order valence-corrected chi connectivity index (χ2v) is 4.31. The first-order chi connectivity index (χ1) is 10.0. The van der Waals surface area contributed by atoms with Gasteiger partial charge >= 0.3 is 11.9 Å². The van der Waals surface area contributed by atoms with Gasteiger partial charge in [0, 0.05) is 25.2 Å². The topological polar surface area (TPSA) is 96.3 Å². The van der Waals surface area contributed by atoms with Crippen molar-refractivity contribution in [1.29, 1.82) is 0 Å². The Morgan fingerprint density at radius 2 is 1.76 bits per heavy atom. The summed E-state index contributed by atoms with van der Waals surface area (Å²) < 4.78 is 10.7. The van der Waals surface area contributed by atoms with Gasteiger partial charge in [0.15, 0.2) is 0 Å². The number of hydrogen-bond acceptors (Lipinski definition) is 5. The highest BCUT2D eigenvalue weighted by molar-refractivity contribution is 6.27. The zero-order valence-electron chi connectivity index (χ0n) is 11.8. The number of methoxy groups -OCH3 is 1. The van der Waals surface area contributed by atoms with Crippen LogP contribution in [0.25, 0.3) is 0 Å². The van der Waals surface area contributed by atoms with E-state index >= 15 is 0 Å². The molecule has 7 heteroatoms. The summed E-state index contributed by atoms with van der Waals surface area (Å²) in [7, 11) is 1.72. The summed E-state index contributed by atoms with van der Waals surface area (Å²) in [6.45, 7) is 4.66. The van der Waals surface area contributed by atoms with Crippen molar-refractivity contribution in [1.82, 2.24) is 4.90 Å². The smallest absolute Gasteiger partial charge is 0.414 e. The summed E-state index contributed by atoms with van der Waals surface area (Å²) in [6, 6.07) is 8.18. The maximum absolute atomic E-state index is 9.10. The summed E-state index contributed by atoms with van der Waals surface area (Å²) in [5.74, 6) is -2.67. The van der Waals surface area contributed by atoms with E-state index in [-0.39, 0.29) is 0 Å². The van der Waals surface area contributed by atoms with E-state index in [4.69, 9.17) is 29.3 Å². The van der Waals surface area contributed by atoms with Gasteiger partial charge in [-0.2, -0.15) is 0 Å². The standard InChI is InChI=1S/C12H17NO2.C2H2O4/c1-14-12-5-3-2-4-11(12)10-13-6-8-15-9-7-13;3-1(4)2(5)6/h2-5H,6-10H2,1H3;(H,3,4)(H,5,6). The van der Waals surface area contributed by atoms with Crippen LogP contribution in [0, 0.1) is 0 Å². The maximum atomic E-state index is 9.10. The normalized spacial score (nSPS) is 14.7. The average molecular weight is 297 g/mol. The first-order valence-electron chi connectivity index (χ1n) is 6.42. The molecule has 2 N–H and O–H groups in total. The Labute approximate surface area is 122 Å². The second-order valence-electron chi connectivity index (χ2n) is 4.31.